The van der Waals surface area contributed by atoms with Crippen molar-refractivity contribution in [1.82, 2.24) is 0 Å². The quantitative estimate of drug-likeness (QED) is 0.0542. The number of nitro benzene ring substituents is 3. The first kappa shape index (κ1) is 36.3. The fourth-order valence-corrected chi connectivity index (χ4v) is 4.18. The molecule has 0 unspecified atom stereocenters. The molecular formula is C33H21N3O15. The Balaban J connectivity index is 1.51. The molecule has 4 aromatic rings. The first-order chi connectivity index (χ1) is 24.2. The summed E-state index contributed by atoms with van der Waals surface area (Å²) in [6, 6.07) is 16.1. The van der Waals surface area contributed by atoms with Gasteiger partial charge in [0.05, 0.1) is 31.5 Å². The van der Waals surface area contributed by atoms with Crippen molar-refractivity contribution < 1.29 is 57.7 Å². The van der Waals surface area contributed by atoms with Crippen molar-refractivity contribution in [3.05, 3.63) is 155 Å². The largest absolute Gasteiger partial charge is 0.454 e. The van der Waals surface area contributed by atoms with Crippen molar-refractivity contribution in [3.63, 3.8) is 0 Å². The molecule has 4 rings (SSSR count). The lowest BCUT2D eigenvalue weighted by Gasteiger charge is -2.10. The van der Waals surface area contributed by atoms with Crippen LogP contribution in [0.1, 0.15) is 62.1 Å². The van der Waals surface area contributed by atoms with Crippen LogP contribution in [0, 0.1) is 30.3 Å². The van der Waals surface area contributed by atoms with Gasteiger partial charge in [0.1, 0.15) is 0 Å². The summed E-state index contributed by atoms with van der Waals surface area (Å²) in [7, 11) is 0. The molecule has 0 aromatic heterocycles. The molecule has 0 spiro atoms. The Morgan fingerprint density at radius 3 is 0.804 bits per heavy atom. The summed E-state index contributed by atoms with van der Waals surface area (Å²) in [5.74, 6) is -5.87. The van der Waals surface area contributed by atoms with Crippen molar-refractivity contribution in [2.45, 2.75) is 0 Å². The van der Waals surface area contributed by atoms with Crippen LogP contribution in [-0.2, 0) is 14.2 Å². The van der Waals surface area contributed by atoms with Crippen LogP contribution in [0.4, 0.5) is 17.1 Å². The molecule has 51 heavy (non-hydrogen) atoms. The minimum absolute atomic E-state index is 0.0228. The van der Waals surface area contributed by atoms with Gasteiger partial charge in [-0.1, -0.05) is 0 Å². The SMILES string of the molecule is O=C(COC(=O)c1cc(C(=O)OCC(=O)c2ccc([N+](=O)[O-])cc2)cc(C(=O)OCC(=O)c2ccc([N+](=O)[O-])cc2)c1)c1ccc([N+](=O)[O-])cc1. The molecule has 0 aliphatic heterocycles. The van der Waals surface area contributed by atoms with E-state index in [1.807, 2.05) is 0 Å². The number of ether oxygens (including phenoxy) is 3. The van der Waals surface area contributed by atoms with Crippen LogP contribution in [0.5, 0.6) is 0 Å². The highest BCUT2D eigenvalue weighted by atomic mass is 16.6. The minimum atomic E-state index is -1.21. The highest BCUT2D eigenvalue weighted by Crippen LogP contribution is 2.18. The third-order valence-corrected chi connectivity index (χ3v) is 6.84. The molecule has 0 fully saturated rings. The molecule has 4 aromatic carbocycles. The lowest BCUT2D eigenvalue weighted by Crippen LogP contribution is -2.19. The predicted octanol–water partition coefficient (Wildman–Crippen LogP) is 4.53. The summed E-state index contributed by atoms with van der Waals surface area (Å²) in [6.45, 7) is -2.55. The van der Waals surface area contributed by atoms with Crippen LogP contribution in [0.3, 0.4) is 0 Å². The molecule has 18 heteroatoms. The molecular weight excluding hydrogens is 678 g/mol. The standard InChI is InChI=1S/C33H21N3O15/c37-28(19-1-7-25(8-2-19)34(43)44)16-49-31(40)22-13-23(32(41)50-17-29(38)20-3-9-26(10-4-20)35(45)46)15-24(14-22)33(42)51-18-30(39)21-5-11-27(12-6-21)36(47)48/h1-15H,16-18H2. The fraction of sp³-hybridized carbons (Fsp3) is 0.0909. The summed E-state index contributed by atoms with van der Waals surface area (Å²) in [5.41, 5.74) is -2.30. The Morgan fingerprint density at radius 1 is 0.392 bits per heavy atom. The first-order valence-electron chi connectivity index (χ1n) is 14.2. The van der Waals surface area contributed by atoms with E-state index in [9.17, 15) is 59.1 Å². The van der Waals surface area contributed by atoms with E-state index in [2.05, 4.69) is 0 Å². The molecule has 0 heterocycles. The van der Waals surface area contributed by atoms with Gasteiger partial charge < -0.3 is 14.2 Å². The summed E-state index contributed by atoms with van der Waals surface area (Å²) >= 11 is 0. The number of ketones is 3. The Morgan fingerprint density at radius 2 is 0.608 bits per heavy atom. The Hall–Kier alpha value is -7.50. The summed E-state index contributed by atoms with van der Waals surface area (Å²) in [4.78, 5) is 107. The average Bonchev–Trinajstić information content (AvgIpc) is 3.14. The first-order valence-corrected chi connectivity index (χ1v) is 14.2. The number of hydrogen-bond donors (Lipinski definition) is 0. The van der Waals surface area contributed by atoms with Gasteiger partial charge in [-0.3, -0.25) is 44.7 Å². The third kappa shape index (κ3) is 9.54. The van der Waals surface area contributed by atoms with Crippen LogP contribution in [0.25, 0.3) is 0 Å². The van der Waals surface area contributed by atoms with E-state index in [4.69, 9.17) is 14.2 Å². The molecule has 18 nitrogen and oxygen atoms in total. The number of carbonyl (C=O) groups excluding carboxylic acids is 6. The Labute approximate surface area is 284 Å². The van der Waals surface area contributed by atoms with Gasteiger partial charge >= 0.3 is 17.9 Å². The second-order valence-electron chi connectivity index (χ2n) is 10.2. The van der Waals surface area contributed by atoms with E-state index in [-0.39, 0.29) is 33.8 Å². The summed E-state index contributed by atoms with van der Waals surface area (Å²) in [6.07, 6.45) is 0. The third-order valence-electron chi connectivity index (χ3n) is 6.84. The topological polar surface area (TPSA) is 260 Å². The number of hydrogen-bond acceptors (Lipinski definition) is 15. The Bertz CT molecular complexity index is 1830. The van der Waals surface area contributed by atoms with Gasteiger partial charge in [0.2, 0.25) is 0 Å². The number of benzene rings is 4. The Kier molecular flexibility index (Phi) is 11.4. The van der Waals surface area contributed by atoms with Crippen LogP contribution < -0.4 is 0 Å². The van der Waals surface area contributed by atoms with E-state index < -0.39 is 86.5 Å². The number of non-ortho nitro benzene ring substituents is 3. The van der Waals surface area contributed by atoms with Crippen LogP contribution in [0.15, 0.2) is 91.0 Å². The molecule has 258 valence electrons. The number of esters is 3. The van der Waals surface area contributed by atoms with E-state index in [1.165, 1.54) is 0 Å². The van der Waals surface area contributed by atoms with E-state index in [0.29, 0.717) is 0 Å². The number of nitro groups is 3. The zero-order valence-electron chi connectivity index (χ0n) is 25.7. The van der Waals surface area contributed by atoms with Gasteiger partial charge in [-0.2, -0.15) is 0 Å². The molecule has 0 saturated heterocycles. The monoisotopic (exact) mass is 699 g/mol. The van der Waals surface area contributed by atoms with Crippen LogP contribution in [0.2, 0.25) is 0 Å². The lowest BCUT2D eigenvalue weighted by molar-refractivity contribution is -0.385. The maximum atomic E-state index is 13.0. The van der Waals surface area contributed by atoms with Crippen molar-refractivity contribution in [3.8, 4) is 0 Å². The van der Waals surface area contributed by atoms with E-state index in [0.717, 1.165) is 91.0 Å². The average molecular weight is 700 g/mol. The number of rotatable bonds is 15. The molecule has 0 atom stereocenters. The summed E-state index contributed by atoms with van der Waals surface area (Å²) in [5, 5.41) is 32.6. The second kappa shape index (κ2) is 16.1. The van der Waals surface area contributed by atoms with Crippen molar-refractivity contribution in [1.29, 1.82) is 0 Å². The number of nitrogens with zero attached hydrogens (tertiary/aromatic N) is 3. The van der Waals surface area contributed by atoms with Gasteiger partial charge in [-0.05, 0) is 54.6 Å². The molecule has 0 saturated carbocycles. The lowest BCUT2D eigenvalue weighted by atomic mass is 10.1. The van der Waals surface area contributed by atoms with Crippen molar-refractivity contribution >= 4 is 52.3 Å². The highest BCUT2D eigenvalue weighted by molar-refractivity contribution is 6.04. The highest BCUT2D eigenvalue weighted by Gasteiger charge is 2.22. The van der Waals surface area contributed by atoms with Gasteiger partial charge in [0.15, 0.2) is 37.2 Å². The van der Waals surface area contributed by atoms with Crippen molar-refractivity contribution in [2.75, 3.05) is 19.8 Å². The smallest absolute Gasteiger partial charge is 0.338 e. The predicted molar refractivity (Wildman–Crippen MR) is 170 cm³/mol. The molecule has 0 aliphatic rings. The second-order valence-corrected chi connectivity index (χ2v) is 10.2. The molecule has 0 amide bonds. The zero-order valence-corrected chi connectivity index (χ0v) is 25.7. The molecule has 0 bridgehead atoms. The van der Waals surface area contributed by atoms with Gasteiger partial charge in [-0.15, -0.1) is 0 Å². The van der Waals surface area contributed by atoms with E-state index in [1.54, 1.807) is 0 Å². The van der Waals surface area contributed by atoms with Gasteiger partial charge in [0, 0.05) is 53.1 Å². The molecule has 0 radical (unpaired) electrons. The van der Waals surface area contributed by atoms with Gasteiger partial charge in [-0.25, -0.2) is 14.4 Å². The zero-order chi connectivity index (χ0) is 37.2. The maximum Gasteiger partial charge on any atom is 0.338 e. The van der Waals surface area contributed by atoms with Crippen LogP contribution >= 0.6 is 0 Å². The van der Waals surface area contributed by atoms with E-state index >= 15 is 0 Å². The van der Waals surface area contributed by atoms with Crippen molar-refractivity contribution in [2.24, 2.45) is 0 Å². The summed E-state index contributed by atoms with van der Waals surface area (Å²) < 4.78 is 15.1. The fourth-order valence-electron chi connectivity index (χ4n) is 4.18. The van der Waals surface area contributed by atoms with Crippen LogP contribution in [-0.4, -0.2) is 69.8 Å². The minimum Gasteiger partial charge on any atom is -0.454 e. The number of Topliss-reactive ketones (excluding diaryl/α,β-unsaturated/α-hetero) is 3. The molecule has 0 N–H and O–H groups in total. The van der Waals surface area contributed by atoms with Gasteiger partial charge in [0.25, 0.3) is 17.1 Å². The normalized spacial score (nSPS) is 10.4. The number of carbonyl (C=O) groups is 6. The molecule has 0 aliphatic carbocycles. The maximum absolute atomic E-state index is 13.0.